The monoisotopic (exact) mass is 525 g/mol. The first-order valence-electron chi connectivity index (χ1n) is 11.4. The number of nitrogens with zero attached hydrogens (tertiary/aromatic N) is 2. The van der Waals surface area contributed by atoms with E-state index in [2.05, 4.69) is 5.32 Å². The number of amides is 2. The van der Waals surface area contributed by atoms with Crippen molar-refractivity contribution in [3.8, 4) is 0 Å². The minimum absolute atomic E-state index is 0.0178. The van der Waals surface area contributed by atoms with E-state index < -0.39 is 34.3 Å². The number of rotatable bonds is 11. The molecule has 0 aliphatic carbocycles. The molecule has 2 aromatic carbocycles. The zero-order chi connectivity index (χ0) is 26.3. The molecule has 0 unspecified atom stereocenters. The van der Waals surface area contributed by atoms with Crippen molar-refractivity contribution < 1.29 is 22.4 Å². The number of sulfonamides is 1. The van der Waals surface area contributed by atoms with Crippen molar-refractivity contribution in [1.29, 1.82) is 0 Å². The molecule has 0 bridgehead atoms. The molecule has 2 rings (SSSR count). The molecule has 1 atom stereocenters. The quantitative estimate of drug-likeness (QED) is 0.478. The Labute approximate surface area is 212 Å². The summed E-state index contributed by atoms with van der Waals surface area (Å²) in [5, 5.41) is 3.30. The zero-order valence-corrected chi connectivity index (χ0v) is 22.3. The Hall–Kier alpha value is -2.65. The van der Waals surface area contributed by atoms with Crippen LogP contribution >= 0.6 is 11.6 Å². The van der Waals surface area contributed by atoms with Crippen molar-refractivity contribution in [3.63, 3.8) is 0 Å². The maximum atomic E-state index is 13.6. The summed E-state index contributed by atoms with van der Waals surface area (Å²) in [6.07, 6.45) is 1.33. The lowest BCUT2D eigenvalue weighted by molar-refractivity contribution is -0.140. The smallest absolute Gasteiger partial charge is 0.244 e. The molecule has 0 aliphatic heterocycles. The van der Waals surface area contributed by atoms with E-state index in [0.29, 0.717) is 34.8 Å². The molecular weight excluding hydrogens is 493 g/mol. The molecule has 192 valence electrons. The molecule has 0 aliphatic rings. The van der Waals surface area contributed by atoms with Crippen LogP contribution in [0.3, 0.4) is 0 Å². The number of carbonyl (C=O) groups is 2. The maximum absolute atomic E-state index is 13.6. The molecule has 35 heavy (non-hydrogen) atoms. The summed E-state index contributed by atoms with van der Waals surface area (Å²) in [6.45, 7) is 7.35. The van der Waals surface area contributed by atoms with Gasteiger partial charge in [-0.1, -0.05) is 44.5 Å². The van der Waals surface area contributed by atoms with Crippen LogP contribution in [0.2, 0.25) is 5.02 Å². The van der Waals surface area contributed by atoms with Gasteiger partial charge >= 0.3 is 0 Å². The number of aryl methyl sites for hydroxylation is 1. The first-order valence-corrected chi connectivity index (χ1v) is 13.6. The van der Waals surface area contributed by atoms with Crippen LogP contribution in [-0.4, -0.2) is 50.5 Å². The highest BCUT2D eigenvalue weighted by molar-refractivity contribution is 7.92. The van der Waals surface area contributed by atoms with Crippen LogP contribution in [-0.2, 0) is 26.2 Å². The third-order valence-electron chi connectivity index (χ3n) is 5.44. The average Bonchev–Trinajstić information content (AvgIpc) is 2.76. The summed E-state index contributed by atoms with van der Waals surface area (Å²) >= 11 is 6.03. The largest absolute Gasteiger partial charge is 0.354 e. The van der Waals surface area contributed by atoms with Gasteiger partial charge in [0.05, 0.1) is 11.9 Å². The minimum Gasteiger partial charge on any atom is -0.354 e. The molecule has 1 N–H and O–H groups in total. The second-order valence-corrected chi connectivity index (χ2v) is 11.3. The van der Waals surface area contributed by atoms with Crippen LogP contribution < -0.4 is 9.62 Å². The lowest BCUT2D eigenvalue weighted by Gasteiger charge is -2.33. The Morgan fingerprint density at radius 1 is 1.11 bits per heavy atom. The Morgan fingerprint density at radius 2 is 1.74 bits per heavy atom. The van der Waals surface area contributed by atoms with Crippen molar-refractivity contribution in [1.82, 2.24) is 10.2 Å². The third kappa shape index (κ3) is 8.21. The van der Waals surface area contributed by atoms with Gasteiger partial charge in [0.1, 0.15) is 18.4 Å². The normalized spacial score (nSPS) is 12.3. The van der Waals surface area contributed by atoms with E-state index in [1.54, 1.807) is 32.0 Å². The summed E-state index contributed by atoms with van der Waals surface area (Å²) in [5.74, 6) is -1.09. The number of carbonyl (C=O) groups excluding carboxylic acids is 2. The summed E-state index contributed by atoms with van der Waals surface area (Å²) in [5.41, 5.74) is 1.52. The van der Waals surface area contributed by atoms with Crippen molar-refractivity contribution in [2.45, 2.75) is 46.7 Å². The Bertz CT molecular complexity index is 1140. The van der Waals surface area contributed by atoms with E-state index >= 15 is 0 Å². The molecule has 2 aromatic rings. The number of hydrogen-bond acceptors (Lipinski definition) is 4. The van der Waals surface area contributed by atoms with E-state index in [0.717, 1.165) is 10.6 Å². The topological polar surface area (TPSA) is 86.8 Å². The SMILES string of the molecule is CC[C@@H](C(=O)NCC(C)C)N(Cc1ccc(F)cc1)C(=O)CN(c1ccc(Cl)cc1C)S(C)(=O)=O. The zero-order valence-electron chi connectivity index (χ0n) is 20.7. The summed E-state index contributed by atoms with van der Waals surface area (Å²) in [4.78, 5) is 28.0. The average molecular weight is 526 g/mol. The number of hydrogen-bond donors (Lipinski definition) is 1. The highest BCUT2D eigenvalue weighted by Crippen LogP contribution is 2.26. The fraction of sp³-hybridized carbons (Fsp3) is 0.440. The van der Waals surface area contributed by atoms with Gasteiger partial charge in [-0.3, -0.25) is 13.9 Å². The van der Waals surface area contributed by atoms with E-state index in [1.165, 1.54) is 29.2 Å². The van der Waals surface area contributed by atoms with Gasteiger partial charge in [-0.05, 0) is 60.7 Å². The van der Waals surface area contributed by atoms with Crippen molar-refractivity contribution in [2.24, 2.45) is 5.92 Å². The van der Waals surface area contributed by atoms with Crippen LogP contribution in [0, 0.1) is 18.7 Å². The summed E-state index contributed by atoms with van der Waals surface area (Å²) < 4.78 is 39.8. The Balaban J connectivity index is 2.44. The molecule has 0 saturated heterocycles. The van der Waals surface area contributed by atoms with Crippen molar-refractivity contribution in [2.75, 3.05) is 23.7 Å². The maximum Gasteiger partial charge on any atom is 0.244 e. The summed E-state index contributed by atoms with van der Waals surface area (Å²) in [6, 6.07) is 9.50. The van der Waals surface area contributed by atoms with E-state index in [4.69, 9.17) is 11.6 Å². The van der Waals surface area contributed by atoms with Crippen LogP contribution in [0.15, 0.2) is 42.5 Å². The fourth-order valence-corrected chi connectivity index (χ4v) is 4.76. The van der Waals surface area contributed by atoms with E-state index in [1.807, 2.05) is 13.8 Å². The molecule has 0 heterocycles. The highest BCUT2D eigenvalue weighted by Gasteiger charge is 2.32. The van der Waals surface area contributed by atoms with E-state index in [9.17, 15) is 22.4 Å². The third-order valence-corrected chi connectivity index (χ3v) is 6.80. The molecule has 0 fully saturated rings. The van der Waals surface area contributed by atoms with Crippen LogP contribution in [0.5, 0.6) is 0 Å². The molecule has 0 saturated carbocycles. The van der Waals surface area contributed by atoms with Gasteiger partial charge in [-0.2, -0.15) is 0 Å². The highest BCUT2D eigenvalue weighted by atomic mass is 35.5. The van der Waals surface area contributed by atoms with Gasteiger partial charge in [-0.15, -0.1) is 0 Å². The van der Waals surface area contributed by atoms with Gasteiger partial charge in [-0.25, -0.2) is 12.8 Å². The predicted molar refractivity (Wildman–Crippen MR) is 137 cm³/mol. The van der Waals surface area contributed by atoms with Gasteiger partial charge in [0.25, 0.3) is 0 Å². The second kappa shape index (κ2) is 12.4. The summed E-state index contributed by atoms with van der Waals surface area (Å²) in [7, 11) is -3.84. The van der Waals surface area contributed by atoms with Gasteiger partial charge in [0.2, 0.25) is 21.8 Å². The predicted octanol–water partition coefficient (Wildman–Crippen LogP) is 4.13. The number of nitrogens with one attached hydrogen (secondary N) is 1. The van der Waals surface area contributed by atoms with E-state index in [-0.39, 0.29) is 18.4 Å². The molecule has 10 heteroatoms. The van der Waals surface area contributed by atoms with Gasteiger partial charge in [0.15, 0.2) is 0 Å². The van der Waals surface area contributed by atoms with Crippen LogP contribution in [0.4, 0.5) is 10.1 Å². The lowest BCUT2D eigenvalue weighted by Crippen LogP contribution is -2.52. The van der Waals surface area contributed by atoms with Gasteiger partial charge in [0, 0.05) is 18.1 Å². The number of halogens is 2. The molecule has 0 spiro atoms. The van der Waals surface area contributed by atoms with Crippen LogP contribution in [0.1, 0.15) is 38.3 Å². The number of benzene rings is 2. The van der Waals surface area contributed by atoms with Crippen molar-refractivity contribution >= 4 is 39.1 Å². The molecule has 7 nitrogen and oxygen atoms in total. The van der Waals surface area contributed by atoms with Crippen LogP contribution in [0.25, 0.3) is 0 Å². The molecule has 0 radical (unpaired) electrons. The fourth-order valence-electron chi connectivity index (χ4n) is 3.62. The standard InChI is InChI=1S/C25H33ClFN3O4S/c1-6-22(25(32)28-14-17(2)3)29(15-19-7-10-21(27)11-8-19)24(31)16-30(35(5,33)34)23-12-9-20(26)13-18(23)4/h7-13,17,22H,6,14-16H2,1-5H3,(H,28,32)/t22-/m0/s1. The first kappa shape index (κ1) is 28.6. The molecule has 2 amide bonds. The van der Waals surface area contributed by atoms with Crippen molar-refractivity contribution in [3.05, 3.63) is 64.4 Å². The lowest BCUT2D eigenvalue weighted by atomic mass is 10.1. The van der Waals surface area contributed by atoms with Gasteiger partial charge < -0.3 is 10.2 Å². The Kier molecular flexibility index (Phi) is 10.1. The molecule has 0 aromatic heterocycles. The number of anilines is 1. The first-order chi connectivity index (χ1) is 16.3. The Morgan fingerprint density at radius 3 is 2.26 bits per heavy atom. The molecular formula is C25H33ClFN3O4S. The second-order valence-electron chi connectivity index (χ2n) is 8.91. The minimum atomic E-state index is -3.84.